The zero-order chi connectivity index (χ0) is 14.3. The highest BCUT2D eigenvalue weighted by molar-refractivity contribution is 6.01. The van der Waals surface area contributed by atoms with E-state index < -0.39 is 4.92 Å². The smallest absolute Gasteiger partial charge is 0.271 e. The molecule has 1 aliphatic heterocycles. The van der Waals surface area contributed by atoms with Crippen LogP contribution in [0.1, 0.15) is 12.8 Å². The van der Waals surface area contributed by atoms with E-state index in [4.69, 9.17) is 0 Å². The molecule has 102 valence electrons. The van der Waals surface area contributed by atoms with Crippen LogP contribution >= 0.6 is 0 Å². The Morgan fingerprint density at radius 3 is 2.60 bits per heavy atom. The number of benzene rings is 1. The summed E-state index contributed by atoms with van der Waals surface area (Å²) in [6.07, 6.45) is 1.89. The van der Waals surface area contributed by atoms with Crippen LogP contribution in [0.5, 0.6) is 0 Å². The molecule has 0 aliphatic carbocycles. The number of nitro groups is 1. The summed E-state index contributed by atoms with van der Waals surface area (Å²) in [7, 11) is 0. The Morgan fingerprint density at radius 1 is 1.25 bits per heavy atom. The second-order valence-corrected chi connectivity index (χ2v) is 4.50. The third-order valence-corrected chi connectivity index (χ3v) is 3.26. The molecule has 1 aromatic heterocycles. The van der Waals surface area contributed by atoms with Gasteiger partial charge >= 0.3 is 0 Å². The number of nitro benzene ring substituents is 1. The van der Waals surface area contributed by atoms with Crippen molar-refractivity contribution in [1.82, 2.24) is 14.5 Å². The third kappa shape index (κ3) is 1.91. The lowest BCUT2D eigenvalue weighted by Gasteiger charge is -2.14. The average molecular weight is 274 g/mol. The van der Waals surface area contributed by atoms with E-state index in [9.17, 15) is 19.7 Å². The molecule has 20 heavy (non-hydrogen) atoms. The molecule has 0 unspecified atom stereocenters. The molecular weight excluding hydrogens is 264 g/mol. The Hall–Kier alpha value is -2.77. The maximum Gasteiger partial charge on any atom is 0.271 e. The maximum atomic E-state index is 11.6. The van der Waals surface area contributed by atoms with Gasteiger partial charge in [-0.05, 0) is 6.07 Å². The lowest BCUT2D eigenvalue weighted by Crippen LogP contribution is -2.30. The third-order valence-electron chi connectivity index (χ3n) is 3.26. The zero-order valence-electron chi connectivity index (χ0n) is 10.4. The second kappa shape index (κ2) is 4.41. The predicted octanol–water partition coefficient (Wildman–Crippen LogP) is 1.05. The molecule has 1 fully saturated rings. The van der Waals surface area contributed by atoms with Gasteiger partial charge in [-0.15, -0.1) is 0 Å². The molecular formula is C12H10N4O4. The molecule has 2 heterocycles. The van der Waals surface area contributed by atoms with Crippen molar-refractivity contribution in [2.24, 2.45) is 0 Å². The molecule has 0 atom stereocenters. The Bertz CT molecular complexity index is 720. The quantitative estimate of drug-likeness (QED) is 0.473. The number of carbonyl (C=O) groups is 2. The predicted molar refractivity (Wildman–Crippen MR) is 67.5 cm³/mol. The van der Waals surface area contributed by atoms with Crippen LogP contribution in [-0.2, 0) is 16.3 Å². The maximum absolute atomic E-state index is 11.6. The summed E-state index contributed by atoms with van der Waals surface area (Å²) in [5.74, 6) is -0.468. The van der Waals surface area contributed by atoms with Crippen LogP contribution in [-0.4, -0.2) is 31.2 Å². The lowest BCUT2D eigenvalue weighted by atomic mass is 10.3. The van der Waals surface area contributed by atoms with Gasteiger partial charge in [-0.25, -0.2) is 4.98 Å². The first-order chi connectivity index (χ1) is 9.56. The highest BCUT2D eigenvalue weighted by Crippen LogP contribution is 2.21. The van der Waals surface area contributed by atoms with Crippen molar-refractivity contribution in [3.63, 3.8) is 0 Å². The van der Waals surface area contributed by atoms with Gasteiger partial charge in [0.1, 0.15) is 6.67 Å². The van der Waals surface area contributed by atoms with Crippen molar-refractivity contribution in [3.05, 3.63) is 34.6 Å². The minimum Gasteiger partial charge on any atom is -0.311 e. The molecule has 2 amide bonds. The van der Waals surface area contributed by atoms with Crippen LogP contribution in [0.4, 0.5) is 5.69 Å². The zero-order valence-corrected chi connectivity index (χ0v) is 10.4. The fourth-order valence-corrected chi connectivity index (χ4v) is 2.20. The SMILES string of the molecule is O=C1CCC(=O)N1Cn1cnc2ccc([N+](=O)[O-])cc21. The molecule has 1 saturated heterocycles. The van der Waals surface area contributed by atoms with Gasteiger partial charge in [-0.3, -0.25) is 24.6 Å². The Labute approximate surface area is 112 Å². The lowest BCUT2D eigenvalue weighted by molar-refractivity contribution is -0.384. The van der Waals surface area contributed by atoms with Gasteiger partial charge in [0, 0.05) is 25.0 Å². The number of hydrogen-bond donors (Lipinski definition) is 0. The second-order valence-electron chi connectivity index (χ2n) is 4.50. The van der Waals surface area contributed by atoms with Crippen molar-refractivity contribution in [2.75, 3.05) is 0 Å². The van der Waals surface area contributed by atoms with Crippen molar-refractivity contribution < 1.29 is 14.5 Å². The van der Waals surface area contributed by atoms with Gasteiger partial charge in [0.2, 0.25) is 11.8 Å². The number of fused-ring (bicyclic) bond motifs is 1. The minimum atomic E-state index is -0.497. The summed E-state index contributed by atoms with van der Waals surface area (Å²) in [6, 6.07) is 4.29. The Morgan fingerprint density at radius 2 is 1.95 bits per heavy atom. The van der Waals surface area contributed by atoms with E-state index in [1.807, 2.05) is 0 Å². The summed E-state index contributed by atoms with van der Waals surface area (Å²) in [6.45, 7) is 0.0370. The summed E-state index contributed by atoms with van der Waals surface area (Å²) >= 11 is 0. The van der Waals surface area contributed by atoms with Gasteiger partial charge in [0.05, 0.1) is 22.3 Å². The molecule has 8 heteroatoms. The molecule has 2 aromatic rings. The summed E-state index contributed by atoms with van der Waals surface area (Å²) in [5.41, 5.74) is 1.04. The number of likely N-dealkylation sites (tertiary alicyclic amines) is 1. The van der Waals surface area contributed by atoms with Gasteiger partial charge in [0.15, 0.2) is 0 Å². The van der Waals surface area contributed by atoms with Crippen LogP contribution in [0.25, 0.3) is 11.0 Å². The van der Waals surface area contributed by atoms with E-state index in [1.165, 1.54) is 24.5 Å². The van der Waals surface area contributed by atoms with E-state index in [-0.39, 0.29) is 37.0 Å². The molecule has 0 N–H and O–H groups in total. The molecule has 1 aromatic carbocycles. The van der Waals surface area contributed by atoms with Gasteiger partial charge < -0.3 is 4.57 Å². The monoisotopic (exact) mass is 274 g/mol. The standard InChI is InChI=1S/C12H10N4O4/c17-11-3-4-12(18)15(11)7-14-6-13-9-2-1-8(16(19)20)5-10(9)14/h1-2,5-6H,3-4,7H2. The molecule has 8 nitrogen and oxygen atoms in total. The fraction of sp³-hybridized carbons (Fsp3) is 0.250. The number of imidazole rings is 1. The number of aromatic nitrogens is 2. The Kier molecular flexibility index (Phi) is 2.70. The van der Waals surface area contributed by atoms with E-state index >= 15 is 0 Å². The van der Waals surface area contributed by atoms with Crippen molar-refractivity contribution in [1.29, 1.82) is 0 Å². The molecule has 3 rings (SSSR count). The van der Waals surface area contributed by atoms with Crippen LogP contribution in [0.2, 0.25) is 0 Å². The van der Waals surface area contributed by atoms with Gasteiger partial charge in [0.25, 0.3) is 5.69 Å². The number of nitrogens with zero attached hydrogens (tertiary/aromatic N) is 4. The summed E-state index contributed by atoms with van der Waals surface area (Å²) in [5, 5.41) is 10.8. The van der Waals surface area contributed by atoms with Crippen LogP contribution < -0.4 is 0 Å². The van der Waals surface area contributed by atoms with Crippen LogP contribution in [0, 0.1) is 10.1 Å². The highest BCUT2D eigenvalue weighted by Gasteiger charge is 2.29. The summed E-state index contributed by atoms with van der Waals surface area (Å²) < 4.78 is 1.56. The largest absolute Gasteiger partial charge is 0.311 e. The topological polar surface area (TPSA) is 98.3 Å². The van der Waals surface area contributed by atoms with E-state index in [1.54, 1.807) is 4.57 Å². The molecule has 0 bridgehead atoms. The average Bonchev–Trinajstić information content (AvgIpc) is 2.97. The minimum absolute atomic E-state index is 0.0370. The molecule has 0 saturated carbocycles. The highest BCUT2D eigenvalue weighted by atomic mass is 16.6. The number of hydrogen-bond acceptors (Lipinski definition) is 5. The van der Waals surface area contributed by atoms with Crippen molar-refractivity contribution in [2.45, 2.75) is 19.5 Å². The van der Waals surface area contributed by atoms with E-state index in [0.29, 0.717) is 11.0 Å². The first-order valence-electron chi connectivity index (χ1n) is 5.99. The molecule has 0 spiro atoms. The molecule has 0 radical (unpaired) electrons. The van der Waals surface area contributed by atoms with Gasteiger partial charge in [-0.1, -0.05) is 0 Å². The number of rotatable bonds is 3. The molecule has 1 aliphatic rings. The van der Waals surface area contributed by atoms with Gasteiger partial charge in [-0.2, -0.15) is 0 Å². The normalized spacial score (nSPS) is 15.3. The number of amides is 2. The first-order valence-corrected chi connectivity index (χ1v) is 5.99. The first kappa shape index (κ1) is 12.3. The van der Waals surface area contributed by atoms with Crippen molar-refractivity contribution >= 4 is 28.5 Å². The number of carbonyl (C=O) groups excluding carboxylic acids is 2. The van der Waals surface area contributed by atoms with Crippen LogP contribution in [0.3, 0.4) is 0 Å². The number of imide groups is 1. The van der Waals surface area contributed by atoms with Crippen LogP contribution in [0.15, 0.2) is 24.5 Å². The fourth-order valence-electron chi connectivity index (χ4n) is 2.20. The Balaban J connectivity index is 1.99. The summed E-state index contributed by atoms with van der Waals surface area (Å²) in [4.78, 5) is 38.7. The number of non-ortho nitro benzene ring substituents is 1. The van der Waals surface area contributed by atoms with E-state index in [0.717, 1.165) is 4.90 Å². The van der Waals surface area contributed by atoms with E-state index in [2.05, 4.69) is 4.98 Å². The van der Waals surface area contributed by atoms with Crippen molar-refractivity contribution in [3.8, 4) is 0 Å².